The van der Waals surface area contributed by atoms with Crippen LogP contribution in [0.3, 0.4) is 0 Å². The number of hydrogen-bond acceptors (Lipinski definition) is 3. The van der Waals surface area contributed by atoms with Gasteiger partial charge in [0.25, 0.3) is 0 Å². The maximum atomic E-state index is 11.8. The third-order valence-electron chi connectivity index (χ3n) is 2.65. The normalized spacial score (nSPS) is 32.9. The molecule has 0 saturated carbocycles. The van der Waals surface area contributed by atoms with E-state index in [-0.39, 0.29) is 5.78 Å². The van der Waals surface area contributed by atoms with Crippen molar-refractivity contribution < 1.29 is 14.6 Å². The number of ketones is 1. The molecule has 2 atom stereocenters. The molecule has 1 aliphatic rings. The zero-order chi connectivity index (χ0) is 11.4. The summed E-state index contributed by atoms with van der Waals surface area (Å²) in [4.78, 5) is 11.8. The van der Waals surface area contributed by atoms with Gasteiger partial charge in [0.05, 0.1) is 0 Å². The van der Waals surface area contributed by atoms with Gasteiger partial charge in [0.15, 0.2) is 11.9 Å². The number of rotatable bonds is 1. The molecule has 0 spiro atoms. The number of carbonyl (C=O) groups excluding carboxylic acids is 1. The molecule has 1 N–H and O–H groups in total. The molecule has 0 aromatic carbocycles. The first kappa shape index (κ1) is 11.7. The van der Waals surface area contributed by atoms with E-state index in [1.165, 1.54) is 0 Å². The largest absolute Gasteiger partial charge is 0.363 e. The minimum absolute atomic E-state index is 0.0325. The van der Waals surface area contributed by atoms with Crippen LogP contribution >= 0.6 is 0 Å². The SMILES string of the molecule is CC(C)(C)C(=O)C1OC1(O)C(C)(C)C. The van der Waals surface area contributed by atoms with E-state index in [1.54, 1.807) is 0 Å². The number of aliphatic hydroxyl groups is 1. The fourth-order valence-corrected chi connectivity index (χ4v) is 1.34. The molecule has 1 aliphatic heterocycles. The summed E-state index contributed by atoms with van der Waals surface area (Å²) >= 11 is 0. The lowest BCUT2D eigenvalue weighted by atomic mass is 9.80. The van der Waals surface area contributed by atoms with Gasteiger partial charge in [-0.25, -0.2) is 0 Å². The van der Waals surface area contributed by atoms with Gasteiger partial charge in [-0.05, 0) is 0 Å². The van der Waals surface area contributed by atoms with E-state index in [1.807, 2.05) is 41.5 Å². The number of ether oxygens (including phenoxy) is 1. The van der Waals surface area contributed by atoms with Crippen molar-refractivity contribution in [1.29, 1.82) is 0 Å². The van der Waals surface area contributed by atoms with Crippen molar-refractivity contribution in [3.8, 4) is 0 Å². The summed E-state index contributed by atoms with van der Waals surface area (Å²) in [5, 5.41) is 10.0. The standard InChI is InChI=1S/C11H20O3/c1-9(2,3)7(12)8-11(13,14-8)10(4,5)6/h8,13H,1-6H3. The molecule has 82 valence electrons. The number of hydrogen-bond donors (Lipinski definition) is 1. The second-order valence-corrected chi connectivity index (χ2v) is 6.06. The van der Waals surface area contributed by atoms with E-state index >= 15 is 0 Å². The molecule has 0 aliphatic carbocycles. The molecule has 0 bridgehead atoms. The van der Waals surface area contributed by atoms with Crippen LogP contribution in [0.15, 0.2) is 0 Å². The molecule has 3 nitrogen and oxygen atoms in total. The topological polar surface area (TPSA) is 49.8 Å². The third kappa shape index (κ3) is 1.71. The summed E-state index contributed by atoms with van der Waals surface area (Å²) in [5.41, 5.74) is -0.876. The highest BCUT2D eigenvalue weighted by Crippen LogP contribution is 2.50. The summed E-state index contributed by atoms with van der Waals surface area (Å²) in [7, 11) is 0. The molecule has 2 unspecified atom stereocenters. The van der Waals surface area contributed by atoms with Crippen LogP contribution in [0, 0.1) is 10.8 Å². The molecule has 0 aromatic heterocycles. The Morgan fingerprint density at radius 3 is 1.86 bits per heavy atom. The minimum Gasteiger partial charge on any atom is -0.363 e. The molecule has 1 fully saturated rings. The van der Waals surface area contributed by atoms with Crippen LogP contribution < -0.4 is 0 Å². The second kappa shape index (κ2) is 2.80. The molecular weight excluding hydrogens is 180 g/mol. The quantitative estimate of drug-likeness (QED) is 0.656. The maximum absolute atomic E-state index is 11.8. The van der Waals surface area contributed by atoms with Gasteiger partial charge in [0.2, 0.25) is 5.79 Å². The van der Waals surface area contributed by atoms with Crippen molar-refractivity contribution in [1.82, 2.24) is 0 Å². The van der Waals surface area contributed by atoms with Gasteiger partial charge in [0, 0.05) is 10.8 Å². The van der Waals surface area contributed by atoms with Gasteiger partial charge in [-0.3, -0.25) is 4.79 Å². The molecule has 14 heavy (non-hydrogen) atoms. The highest BCUT2D eigenvalue weighted by atomic mass is 16.7. The first-order valence-electron chi connectivity index (χ1n) is 4.94. The Kier molecular flexibility index (Phi) is 2.33. The van der Waals surface area contributed by atoms with Gasteiger partial charge in [-0.15, -0.1) is 0 Å². The predicted octanol–water partition coefficient (Wildman–Crippen LogP) is 1.74. The molecule has 1 heterocycles. The molecular formula is C11H20O3. The van der Waals surface area contributed by atoms with Crippen LogP contribution in [0.1, 0.15) is 41.5 Å². The van der Waals surface area contributed by atoms with Gasteiger partial charge in [0.1, 0.15) is 0 Å². The summed E-state index contributed by atoms with van der Waals surface area (Å²) in [6, 6.07) is 0. The van der Waals surface area contributed by atoms with Crippen LogP contribution in [-0.2, 0) is 9.53 Å². The van der Waals surface area contributed by atoms with E-state index in [2.05, 4.69) is 0 Å². The van der Waals surface area contributed by atoms with Crippen molar-refractivity contribution in [2.75, 3.05) is 0 Å². The van der Waals surface area contributed by atoms with E-state index in [0.29, 0.717) is 0 Å². The van der Waals surface area contributed by atoms with E-state index in [4.69, 9.17) is 4.74 Å². The van der Waals surface area contributed by atoms with Crippen molar-refractivity contribution >= 4 is 5.78 Å². The van der Waals surface area contributed by atoms with Crippen molar-refractivity contribution in [3.63, 3.8) is 0 Å². The van der Waals surface area contributed by atoms with Gasteiger partial charge in [-0.1, -0.05) is 41.5 Å². The summed E-state index contributed by atoms with van der Waals surface area (Å²) in [6.45, 7) is 11.1. The van der Waals surface area contributed by atoms with Crippen LogP contribution in [0.5, 0.6) is 0 Å². The third-order valence-corrected chi connectivity index (χ3v) is 2.65. The van der Waals surface area contributed by atoms with Crippen LogP contribution in [0.25, 0.3) is 0 Å². The summed E-state index contributed by atoms with van der Waals surface area (Å²) in [5.74, 6) is -1.30. The number of carbonyl (C=O) groups is 1. The van der Waals surface area contributed by atoms with Crippen molar-refractivity contribution in [2.45, 2.75) is 53.4 Å². The molecule has 3 heteroatoms. The average Bonchev–Trinajstić information content (AvgIpc) is 2.58. The lowest BCUT2D eigenvalue weighted by Gasteiger charge is -2.24. The van der Waals surface area contributed by atoms with Crippen molar-refractivity contribution in [2.24, 2.45) is 10.8 Å². The van der Waals surface area contributed by atoms with Crippen LogP contribution in [-0.4, -0.2) is 22.8 Å². The van der Waals surface area contributed by atoms with Gasteiger partial charge in [-0.2, -0.15) is 0 Å². The van der Waals surface area contributed by atoms with Gasteiger partial charge < -0.3 is 9.84 Å². The smallest absolute Gasteiger partial charge is 0.205 e. The van der Waals surface area contributed by atoms with Crippen LogP contribution in [0.4, 0.5) is 0 Å². The molecule has 0 amide bonds. The zero-order valence-corrected chi connectivity index (χ0v) is 9.84. The van der Waals surface area contributed by atoms with E-state index in [9.17, 15) is 9.90 Å². The Labute approximate surface area is 85.5 Å². The Morgan fingerprint density at radius 1 is 1.21 bits per heavy atom. The van der Waals surface area contributed by atoms with Crippen molar-refractivity contribution in [3.05, 3.63) is 0 Å². The Balaban J connectivity index is 2.77. The first-order chi connectivity index (χ1) is 6.00. The monoisotopic (exact) mass is 200 g/mol. The highest BCUT2D eigenvalue weighted by Gasteiger charge is 2.67. The summed E-state index contributed by atoms with van der Waals surface area (Å²) < 4.78 is 5.16. The zero-order valence-electron chi connectivity index (χ0n) is 9.84. The average molecular weight is 200 g/mol. The van der Waals surface area contributed by atoms with E-state index in [0.717, 1.165) is 0 Å². The van der Waals surface area contributed by atoms with Crippen LogP contribution in [0.2, 0.25) is 0 Å². The predicted molar refractivity (Wildman–Crippen MR) is 53.7 cm³/mol. The maximum Gasteiger partial charge on any atom is 0.205 e. The Morgan fingerprint density at radius 2 is 1.64 bits per heavy atom. The summed E-state index contributed by atoms with van der Waals surface area (Å²) in [6.07, 6.45) is -0.650. The molecule has 0 aromatic rings. The lowest BCUT2D eigenvalue weighted by Crippen LogP contribution is -2.38. The van der Waals surface area contributed by atoms with Gasteiger partial charge >= 0.3 is 0 Å². The molecule has 1 rings (SSSR count). The van der Waals surface area contributed by atoms with E-state index < -0.39 is 22.7 Å². The lowest BCUT2D eigenvalue weighted by molar-refractivity contribution is -0.128. The molecule has 0 radical (unpaired) electrons. The Hall–Kier alpha value is -0.410. The highest BCUT2D eigenvalue weighted by molar-refractivity contribution is 5.91. The number of epoxide rings is 1. The first-order valence-corrected chi connectivity index (χ1v) is 4.94. The second-order valence-electron chi connectivity index (χ2n) is 6.06. The number of Topliss-reactive ketones (excluding diaryl/α,β-unsaturated/α-hetero) is 1. The fraction of sp³-hybridized carbons (Fsp3) is 0.909. The Bertz CT molecular complexity index is 257. The fourth-order valence-electron chi connectivity index (χ4n) is 1.34. The minimum atomic E-state index is -1.27. The molecule has 1 saturated heterocycles.